The molecule has 1 N–H and O–H groups in total. The quantitative estimate of drug-likeness (QED) is 0.711. The van der Waals surface area contributed by atoms with Gasteiger partial charge in [0.25, 0.3) is 11.8 Å². The first kappa shape index (κ1) is 18.7. The lowest BCUT2D eigenvalue weighted by molar-refractivity contribution is -0.124. The molecule has 1 aliphatic rings. The number of carbonyl (C=O) groups excluding carboxylic acids is 2. The Morgan fingerprint density at radius 2 is 1.62 bits per heavy atom. The molecule has 3 aromatic rings. The van der Waals surface area contributed by atoms with Crippen LogP contribution in [0.15, 0.2) is 78.9 Å². The Labute approximate surface area is 169 Å². The number of benzene rings is 3. The first-order valence-electron chi connectivity index (χ1n) is 9.65. The van der Waals surface area contributed by atoms with E-state index < -0.39 is 6.10 Å². The van der Waals surface area contributed by atoms with Gasteiger partial charge in [0.05, 0.1) is 5.56 Å². The summed E-state index contributed by atoms with van der Waals surface area (Å²) in [7, 11) is 0. The molecule has 0 bridgehead atoms. The van der Waals surface area contributed by atoms with E-state index in [2.05, 4.69) is 5.32 Å². The van der Waals surface area contributed by atoms with E-state index in [0.29, 0.717) is 23.5 Å². The van der Waals surface area contributed by atoms with Gasteiger partial charge in [0.2, 0.25) is 0 Å². The fraction of sp³-hybridized carbons (Fsp3) is 0.167. The topological polar surface area (TPSA) is 58.6 Å². The average molecular weight is 386 g/mol. The predicted octanol–water partition coefficient (Wildman–Crippen LogP) is 4.30. The Hall–Kier alpha value is -3.60. The first-order valence-corrected chi connectivity index (χ1v) is 9.65. The number of nitrogens with zero attached hydrogens (tertiary/aromatic N) is 1. The third kappa shape index (κ3) is 3.99. The highest BCUT2D eigenvalue weighted by Gasteiger charge is 2.29. The molecule has 0 aliphatic carbocycles. The van der Waals surface area contributed by atoms with Crippen LogP contribution in [0.5, 0.6) is 5.75 Å². The molecule has 5 heteroatoms. The number of carbonyl (C=O) groups is 2. The van der Waals surface area contributed by atoms with Crippen LogP contribution < -0.4 is 15.0 Å². The van der Waals surface area contributed by atoms with Gasteiger partial charge in [0, 0.05) is 17.9 Å². The molecule has 1 atom stereocenters. The summed E-state index contributed by atoms with van der Waals surface area (Å²) >= 11 is 0. The number of nitrogens with one attached hydrogen (secondary N) is 1. The second-order valence-corrected chi connectivity index (χ2v) is 6.94. The second kappa shape index (κ2) is 8.19. The summed E-state index contributed by atoms with van der Waals surface area (Å²) < 4.78 is 5.94. The van der Waals surface area contributed by atoms with Crippen LogP contribution in [0.4, 0.5) is 11.4 Å². The van der Waals surface area contributed by atoms with Crippen LogP contribution in [-0.4, -0.2) is 24.5 Å². The smallest absolute Gasteiger partial charge is 0.267 e. The van der Waals surface area contributed by atoms with Crippen molar-refractivity contribution in [2.45, 2.75) is 19.4 Å². The normalized spacial score (nSPS) is 13.5. The Balaban J connectivity index is 1.50. The summed E-state index contributed by atoms with van der Waals surface area (Å²) in [4.78, 5) is 27.5. The highest BCUT2D eigenvalue weighted by atomic mass is 16.5. The van der Waals surface area contributed by atoms with Gasteiger partial charge < -0.3 is 15.0 Å². The van der Waals surface area contributed by atoms with E-state index in [1.54, 1.807) is 36.1 Å². The molecule has 2 amide bonds. The Morgan fingerprint density at radius 1 is 0.931 bits per heavy atom. The van der Waals surface area contributed by atoms with Gasteiger partial charge in [-0.15, -0.1) is 0 Å². The molecule has 0 unspecified atom stereocenters. The zero-order chi connectivity index (χ0) is 20.2. The predicted molar refractivity (Wildman–Crippen MR) is 113 cm³/mol. The van der Waals surface area contributed by atoms with E-state index in [-0.39, 0.29) is 11.8 Å². The van der Waals surface area contributed by atoms with Gasteiger partial charge in [-0.3, -0.25) is 9.59 Å². The third-order valence-electron chi connectivity index (χ3n) is 4.97. The van der Waals surface area contributed by atoms with E-state index >= 15 is 0 Å². The van der Waals surface area contributed by atoms with Crippen LogP contribution in [0.2, 0.25) is 0 Å². The maximum Gasteiger partial charge on any atom is 0.267 e. The molecule has 0 saturated carbocycles. The van der Waals surface area contributed by atoms with Crippen molar-refractivity contribution >= 4 is 23.2 Å². The van der Waals surface area contributed by atoms with Crippen LogP contribution in [0.3, 0.4) is 0 Å². The minimum atomic E-state index is -0.716. The van der Waals surface area contributed by atoms with Gasteiger partial charge in [-0.05, 0) is 49.2 Å². The maximum absolute atomic E-state index is 13.0. The number of para-hydroxylation sites is 3. The van der Waals surface area contributed by atoms with E-state index in [1.807, 2.05) is 54.6 Å². The number of ether oxygens (including phenoxy) is 1. The number of anilines is 2. The highest BCUT2D eigenvalue weighted by Crippen LogP contribution is 2.29. The highest BCUT2D eigenvalue weighted by molar-refractivity contribution is 6.06. The van der Waals surface area contributed by atoms with Gasteiger partial charge in [-0.1, -0.05) is 48.5 Å². The van der Waals surface area contributed by atoms with E-state index in [9.17, 15) is 9.59 Å². The number of fused-ring (bicyclic) bond motifs is 1. The van der Waals surface area contributed by atoms with Crippen molar-refractivity contribution < 1.29 is 14.3 Å². The molecule has 146 valence electrons. The molecule has 0 radical (unpaired) electrons. The second-order valence-electron chi connectivity index (χ2n) is 6.94. The van der Waals surface area contributed by atoms with Crippen LogP contribution in [-0.2, 0) is 11.2 Å². The molecule has 0 saturated heterocycles. The van der Waals surface area contributed by atoms with Crippen LogP contribution in [0.1, 0.15) is 22.8 Å². The number of hydrogen-bond acceptors (Lipinski definition) is 3. The number of hydrogen-bond donors (Lipinski definition) is 1. The van der Waals surface area contributed by atoms with Gasteiger partial charge in [-0.25, -0.2) is 0 Å². The molecule has 5 nitrogen and oxygen atoms in total. The lowest BCUT2D eigenvalue weighted by Crippen LogP contribution is -2.39. The zero-order valence-corrected chi connectivity index (χ0v) is 16.2. The average Bonchev–Trinajstić information content (AvgIpc) is 3.18. The van der Waals surface area contributed by atoms with E-state index in [4.69, 9.17) is 4.74 Å². The fourth-order valence-electron chi connectivity index (χ4n) is 3.50. The summed E-state index contributed by atoms with van der Waals surface area (Å²) in [5.74, 6) is -0.0135. The fourth-order valence-corrected chi connectivity index (χ4v) is 3.50. The Kier molecular flexibility index (Phi) is 5.29. The molecule has 1 heterocycles. The molecule has 0 spiro atoms. The Bertz CT molecular complexity index is 1030. The standard InChI is InChI=1S/C24H22N2O3/c1-17(24(28)26-16-15-18-9-5-7-13-21(18)26)29-22-14-8-6-12-20(22)23(27)25-19-10-3-2-4-11-19/h2-14,17H,15-16H2,1H3,(H,25,27)/t17-/m1/s1. The molecule has 3 aromatic carbocycles. The molecule has 0 aromatic heterocycles. The summed E-state index contributed by atoms with van der Waals surface area (Å²) in [5, 5.41) is 2.85. The molecular weight excluding hydrogens is 364 g/mol. The van der Waals surface area contributed by atoms with Crippen LogP contribution in [0.25, 0.3) is 0 Å². The molecule has 29 heavy (non-hydrogen) atoms. The third-order valence-corrected chi connectivity index (χ3v) is 4.97. The molecule has 4 rings (SSSR count). The summed E-state index contributed by atoms with van der Waals surface area (Å²) in [5.41, 5.74) is 3.18. The lowest BCUT2D eigenvalue weighted by Gasteiger charge is -2.23. The van der Waals surface area contributed by atoms with Crippen LogP contribution >= 0.6 is 0 Å². The van der Waals surface area contributed by atoms with Crippen molar-refractivity contribution in [2.24, 2.45) is 0 Å². The van der Waals surface area contributed by atoms with Gasteiger partial charge in [0.15, 0.2) is 6.10 Å². The first-order chi connectivity index (χ1) is 14.1. The molecular formula is C24H22N2O3. The molecule has 0 fully saturated rings. The van der Waals surface area contributed by atoms with Gasteiger partial charge >= 0.3 is 0 Å². The van der Waals surface area contributed by atoms with Crippen molar-refractivity contribution in [3.8, 4) is 5.75 Å². The summed E-state index contributed by atoms with van der Waals surface area (Å²) in [6.45, 7) is 2.36. The minimum Gasteiger partial charge on any atom is -0.480 e. The monoisotopic (exact) mass is 386 g/mol. The van der Waals surface area contributed by atoms with Gasteiger partial charge in [0.1, 0.15) is 5.75 Å². The van der Waals surface area contributed by atoms with E-state index in [1.165, 1.54) is 0 Å². The zero-order valence-electron chi connectivity index (χ0n) is 16.2. The summed E-state index contributed by atoms with van der Waals surface area (Å²) in [6.07, 6.45) is 0.122. The largest absolute Gasteiger partial charge is 0.480 e. The number of amides is 2. The van der Waals surface area contributed by atoms with E-state index in [0.717, 1.165) is 17.7 Å². The number of rotatable bonds is 5. The van der Waals surface area contributed by atoms with Gasteiger partial charge in [-0.2, -0.15) is 0 Å². The molecule has 1 aliphatic heterocycles. The van der Waals surface area contributed by atoms with Crippen molar-refractivity contribution in [1.29, 1.82) is 0 Å². The van der Waals surface area contributed by atoms with Crippen molar-refractivity contribution in [3.05, 3.63) is 90.0 Å². The minimum absolute atomic E-state index is 0.117. The SMILES string of the molecule is C[C@@H](Oc1ccccc1C(=O)Nc1ccccc1)C(=O)N1CCc2ccccc21. The Morgan fingerprint density at radius 3 is 2.45 bits per heavy atom. The lowest BCUT2D eigenvalue weighted by atomic mass is 10.1. The van der Waals surface area contributed by atoms with Crippen molar-refractivity contribution in [3.63, 3.8) is 0 Å². The van der Waals surface area contributed by atoms with Crippen LogP contribution in [0, 0.1) is 0 Å². The maximum atomic E-state index is 13.0. The summed E-state index contributed by atoms with van der Waals surface area (Å²) in [6, 6.07) is 24.1. The van der Waals surface area contributed by atoms with Crippen molar-refractivity contribution in [1.82, 2.24) is 0 Å². The van der Waals surface area contributed by atoms with Crippen molar-refractivity contribution in [2.75, 3.05) is 16.8 Å².